The number of anilines is 1. The van der Waals surface area contributed by atoms with E-state index in [0.717, 1.165) is 23.6 Å². The molecule has 5 rings (SSSR count). The number of alkyl halides is 3. The minimum Gasteiger partial charge on any atom is -0.493 e. The molecule has 0 bridgehead atoms. The maximum absolute atomic E-state index is 13.8. The van der Waals surface area contributed by atoms with Crippen molar-refractivity contribution in [2.24, 2.45) is 5.92 Å². The van der Waals surface area contributed by atoms with Crippen molar-refractivity contribution in [1.82, 2.24) is 0 Å². The van der Waals surface area contributed by atoms with Gasteiger partial charge in [0.1, 0.15) is 6.61 Å². The molecular weight excluding hydrogens is 507 g/mol. The van der Waals surface area contributed by atoms with Gasteiger partial charge < -0.3 is 14.8 Å². The second kappa shape index (κ2) is 9.02. The zero-order chi connectivity index (χ0) is 23.9. The van der Waals surface area contributed by atoms with Gasteiger partial charge in [-0.1, -0.05) is 54.6 Å². The molecule has 1 aliphatic carbocycles. The predicted octanol–water partition coefficient (Wildman–Crippen LogP) is 7.88. The first-order chi connectivity index (χ1) is 16.4. The van der Waals surface area contributed by atoms with Crippen LogP contribution in [-0.2, 0) is 12.8 Å². The molecule has 3 aromatic carbocycles. The molecule has 0 saturated heterocycles. The van der Waals surface area contributed by atoms with Crippen LogP contribution in [0.5, 0.6) is 11.5 Å². The van der Waals surface area contributed by atoms with Gasteiger partial charge in [-0.15, -0.1) is 0 Å². The fraction of sp³-hybridized carbons (Fsp3) is 0.259. The Kier molecular flexibility index (Phi) is 6.06. The van der Waals surface area contributed by atoms with Crippen molar-refractivity contribution in [3.8, 4) is 11.5 Å². The lowest BCUT2D eigenvalue weighted by molar-refractivity contribution is -0.137. The molecule has 0 fully saturated rings. The van der Waals surface area contributed by atoms with Gasteiger partial charge in [0.2, 0.25) is 0 Å². The third-order valence-electron chi connectivity index (χ3n) is 6.54. The van der Waals surface area contributed by atoms with Crippen LogP contribution < -0.4 is 14.8 Å². The van der Waals surface area contributed by atoms with Gasteiger partial charge in [0.25, 0.3) is 0 Å². The number of para-hydroxylation sites is 1. The van der Waals surface area contributed by atoms with E-state index in [2.05, 4.69) is 27.3 Å². The molecule has 0 saturated carbocycles. The zero-order valence-corrected chi connectivity index (χ0v) is 20.0. The smallest absolute Gasteiger partial charge is 0.418 e. The first-order valence-corrected chi connectivity index (χ1v) is 11.8. The number of hydrogen-bond donors (Lipinski definition) is 1. The van der Waals surface area contributed by atoms with E-state index in [9.17, 15) is 13.2 Å². The summed E-state index contributed by atoms with van der Waals surface area (Å²) in [5, 5.41) is 3.24. The lowest BCUT2D eigenvalue weighted by atomic mass is 9.76. The van der Waals surface area contributed by atoms with Crippen LogP contribution >= 0.6 is 15.9 Å². The average Bonchev–Trinajstić information content (AvgIpc) is 3.32. The highest BCUT2D eigenvalue weighted by Crippen LogP contribution is 2.53. The van der Waals surface area contributed by atoms with Crippen LogP contribution in [0.1, 0.15) is 40.6 Å². The van der Waals surface area contributed by atoms with Crippen LogP contribution in [0.2, 0.25) is 0 Å². The first-order valence-electron chi connectivity index (χ1n) is 11.0. The highest BCUT2D eigenvalue weighted by molar-refractivity contribution is 9.10. The van der Waals surface area contributed by atoms with Crippen LogP contribution in [0.25, 0.3) is 0 Å². The Morgan fingerprint density at radius 1 is 1.06 bits per heavy atom. The summed E-state index contributed by atoms with van der Waals surface area (Å²) in [6.45, 7) is 0.369. The Bertz CT molecular complexity index is 1230. The van der Waals surface area contributed by atoms with Gasteiger partial charge >= 0.3 is 6.18 Å². The normalized spacial score (nSPS) is 20.9. The second-order valence-electron chi connectivity index (χ2n) is 8.55. The average molecular weight is 530 g/mol. The van der Waals surface area contributed by atoms with E-state index in [1.165, 1.54) is 6.07 Å². The van der Waals surface area contributed by atoms with E-state index in [1.807, 2.05) is 48.5 Å². The van der Waals surface area contributed by atoms with E-state index in [1.54, 1.807) is 13.2 Å². The monoisotopic (exact) mass is 529 g/mol. The van der Waals surface area contributed by atoms with Crippen LogP contribution in [0.4, 0.5) is 18.9 Å². The molecule has 0 aromatic heterocycles. The second-order valence-corrected chi connectivity index (χ2v) is 9.41. The van der Waals surface area contributed by atoms with E-state index in [-0.39, 0.29) is 23.6 Å². The van der Waals surface area contributed by atoms with Gasteiger partial charge in [0.05, 0.1) is 28.9 Å². The number of rotatable bonds is 5. The molecule has 2 aliphatic rings. The predicted molar refractivity (Wildman–Crippen MR) is 129 cm³/mol. The topological polar surface area (TPSA) is 30.5 Å². The van der Waals surface area contributed by atoms with Gasteiger partial charge in [-0.05, 0) is 63.2 Å². The summed E-state index contributed by atoms with van der Waals surface area (Å²) >= 11 is 3.60. The molecule has 7 heteroatoms. The SMILES string of the molecule is COc1cc([C@@H]2Nc3c(cccc3C(F)(F)F)[C@@H]3C=CC[C@@H]32)cc(Br)c1OCc1ccccc1. The number of methoxy groups -OCH3 is 1. The zero-order valence-electron chi connectivity index (χ0n) is 18.4. The molecule has 176 valence electrons. The Morgan fingerprint density at radius 3 is 2.59 bits per heavy atom. The molecule has 0 unspecified atom stereocenters. The molecule has 0 radical (unpaired) electrons. The van der Waals surface area contributed by atoms with Crippen molar-refractivity contribution in [2.45, 2.75) is 31.2 Å². The summed E-state index contributed by atoms with van der Waals surface area (Å²) in [4.78, 5) is 0. The van der Waals surface area contributed by atoms with E-state index in [0.29, 0.717) is 28.1 Å². The molecule has 34 heavy (non-hydrogen) atoms. The molecule has 0 spiro atoms. The van der Waals surface area contributed by atoms with Crippen molar-refractivity contribution in [3.63, 3.8) is 0 Å². The molecular formula is C27H23BrF3NO2. The van der Waals surface area contributed by atoms with Gasteiger partial charge in [-0.2, -0.15) is 13.2 Å². The lowest BCUT2D eigenvalue weighted by Gasteiger charge is -2.39. The van der Waals surface area contributed by atoms with Crippen molar-refractivity contribution in [1.29, 1.82) is 0 Å². The summed E-state index contributed by atoms with van der Waals surface area (Å²) in [5.74, 6) is 1.11. The van der Waals surface area contributed by atoms with Crippen molar-refractivity contribution in [3.05, 3.63) is 99.5 Å². The standard InChI is InChI=1S/C27H23BrF3NO2/c1-33-23-14-17(13-22(28)26(23)34-15-16-7-3-2-4-8-16)24-19-10-5-9-18(19)20-11-6-12-21(25(20)32-24)27(29,30)31/h2-9,11-14,18-19,24,32H,10,15H2,1H3/t18-,19+,24+/m1/s1. The Hall–Kier alpha value is -2.93. The summed E-state index contributed by atoms with van der Waals surface area (Å²) in [5.41, 5.74) is 2.08. The maximum atomic E-state index is 13.8. The molecule has 3 nitrogen and oxygen atoms in total. The van der Waals surface area contributed by atoms with Crippen molar-refractivity contribution >= 4 is 21.6 Å². The Balaban J connectivity index is 1.51. The molecule has 3 aromatic rings. The van der Waals surface area contributed by atoms with Crippen LogP contribution in [0, 0.1) is 5.92 Å². The number of halogens is 4. The van der Waals surface area contributed by atoms with E-state index >= 15 is 0 Å². The Morgan fingerprint density at radius 2 is 1.85 bits per heavy atom. The number of hydrogen-bond acceptors (Lipinski definition) is 3. The van der Waals surface area contributed by atoms with Crippen LogP contribution in [0.3, 0.4) is 0 Å². The minimum atomic E-state index is -4.44. The third kappa shape index (κ3) is 4.17. The number of nitrogens with one attached hydrogen (secondary N) is 1. The largest absolute Gasteiger partial charge is 0.493 e. The number of ether oxygens (including phenoxy) is 2. The quantitative estimate of drug-likeness (QED) is 0.341. The number of fused-ring (bicyclic) bond motifs is 3. The fourth-order valence-electron chi connectivity index (χ4n) is 4.98. The maximum Gasteiger partial charge on any atom is 0.418 e. The lowest BCUT2D eigenvalue weighted by Crippen LogP contribution is -2.30. The summed E-state index contributed by atoms with van der Waals surface area (Å²) < 4.78 is 53.8. The van der Waals surface area contributed by atoms with Gasteiger partial charge in [-0.25, -0.2) is 0 Å². The highest BCUT2D eigenvalue weighted by atomic mass is 79.9. The Labute approximate surface area is 204 Å². The van der Waals surface area contributed by atoms with Gasteiger partial charge in [-0.3, -0.25) is 0 Å². The number of benzene rings is 3. The van der Waals surface area contributed by atoms with Crippen molar-refractivity contribution < 1.29 is 22.6 Å². The van der Waals surface area contributed by atoms with E-state index in [4.69, 9.17) is 9.47 Å². The van der Waals surface area contributed by atoms with Gasteiger partial charge in [0, 0.05) is 5.92 Å². The molecule has 1 heterocycles. The minimum absolute atomic E-state index is 0.0812. The fourth-order valence-corrected chi connectivity index (χ4v) is 5.55. The third-order valence-corrected chi connectivity index (χ3v) is 7.13. The molecule has 1 N–H and O–H groups in total. The molecule has 0 amide bonds. The summed E-state index contributed by atoms with van der Waals surface area (Å²) in [7, 11) is 1.56. The van der Waals surface area contributed by atoms with Gasteiger partial charge in [0.15, 0.2) is 11.5 Å². The molecule has 3 atom stereocenters. The first kappa shape index (κ1) is 22.8. The number of allylic oxidation sites excluding steroid dienone is 2. The van der Waals surface area contributed by atoms with E-state index < -0.39 is 11.7 Å². The molecule has 1 aliphatic heterocycles. The summed E-state index contributed by atoms with van der Waals surface area (Å²) in [6, 6.07) is 17.7. The summed E-state index contributed by atoms with van der Waals surface area (Å²) in [6.07, 6.45) is 0.430. The van der Waals surface area contributed by atoms with Crippen LogP contribution in [-0.4, -0.2) is 7.11 Å². The highest BCUT2D eigenvalue weighted by Gasteiger charge is 2.43. The van der Waals surface area contributed by atoms with Crippen LogP contribution in [0.15, 0.2) is 77.3 Å². The van der Waals surface area contributed by atoms with Crippen molar-refractivity contribution in [2.75, 3.05) is 12.4 Å².